The van der Waals surface area contributed by atoms with Crippen molar-refractivity contribution in [2.24, 2.45) is 0 Å². The molecule has 0 amide bonds. The third kappa shape index (κ3) is 3.62. The van der Waals surface area contributed by atoms with Gasteiger partial charge < -0.3 is 15.0 Å². The van der Waals surface area contributed by atoms with Crippen LogP contribution in [0.1, 0.15) is 0 Å². The van der Waals surface area contributed by atoms with Crippen molar-refractivity contribution < 1.29 is 4.74 Å². The van der Waals surface area contributed by atoms with Crippen LogP contribution in [-0.2, 0) is 11.3 Å². The van der Waals surface area contributed by atoms with E-state index in [1.165, 1.54) is 6.33 Å². The Kier molecular flexibility index (Phi) is 4.97. The van der Waals surface area contributed by atoms with E-state index in [0.29, 0.717) is 5.82 Å². The summed E-state index contributed by atoms with van der Waals surface area (Å²) in [6, 6.07) is 12.4. The summed E-state index contributed by atoms with van der Waals surface area (Å²) in [5.41, 5.74) is 9.26. The van der Waals surface area contributed by atoms with Crippen molar-refractivity contribution >= 4 is 27.4 Å². The number of hydrogen-bond acceptors (Lipinski definition) is 7. The maximum atomic E-state index is 6.08. The summed E-state index contributed by atoms with van der Waals surface area (Å²) in [6.07, 6.45) is 3.46. The number of rotatable bonds is 5. The van der Waals surface area contributed by atoms with Gasteiger partial charge in [0.2, 0.25) is 0 Å². The fraction of sp³-hybridized carbons (Fsp3) is 0.286. The van der Waals surface area contributed by atoms with Gasteiger partial charge in [-0.2, -0.15) is 0 Å². The van der Waals surface area contributed by atoms with Gasteiger partial charge in [-0.25, -0.2) is 15.0 Å². The lowest BCUT2D eigenvalue weighted by Crippen LogP contribution is -2.38. The fourth-order valence-electron chi connectivity index (χ4n) is 3.68. The second-order valence-electron chi connectivity index (χ2n) is 7.04. The van der Waals surface area contributed by atoms with Crippen LogP contribution in [0, 0.1) is 0 Å². The van der Waals surface area contributed by atoms with E-state index in [1.54, 1.807) is 11.3 Å². The molecule has 1 aromatic carbocycles. The molecule has 5 rings (SSSR count). The van der Waals surface area contributed by atoms with Crippen molar-refractivity contribution in [3.05, 3.63) is 49.1 Å². The predicted molar refractivity (Wildman–Crippen MR) is 116 cm³/mol. The highest BCUT2D eigenvalue weighted by Crippen LogP contribution is 2.38. The summed E-state index contributed by atoms with van der Waals surface area (Å²) in [5, 5.41) is 0.896. The Bertz CT molecular complexity index is 1120. The molecule has 1 aliphatic heterocycles. The van der Waals surface area contributed by atoms with Crippen LogP contribution in [0.3, 0.4) is 0 Å². The van der Waals surface area contributed by atoms with Crippen LogP contribution in [0.2, 0.25) is 0 Å². The lowest BCUT2D eigenvalue weighted by atomic mass is 10.1. The normalized spacial score (nSPS) is 15.2. The summed E-state index contributed by atoms with van der Waals surface area (Å²) in [6.45, 7) is 5.40. The standard InChI is InChI=1S/C21H22N6OS/c22-20-16-12-17(29-21(16)24-13-23-20)19-18(15-4-2-1-3-5-15)25-14-27(19)7-6-26-8-10-28-11-9-26/h1-5,12-14H,6-11H2,(H2,22,23,24). The van der Waals surface area contributed by atoms with E-state index in [9.17, 15) is 0 Å². The predicted octanol–water partition coefficient (Wildman–Crippen LogP) is 3.14. The highest BCUT2D eigenvalue weighted by molar-refractivity contribution is 7.21. The van der Waals surface area contributed by atoms with E-state index >= 15 is 0 Å². The third-order valence-corrected chi connectivity index (χ3v) is 6.29. The molecule has 0 radical (unpaired) electrons. The van der Waals surface area contributed by atoms with E-state index < -0.39 is 0 Å². The molecule has 29 heavy (non-hydrogen) atoms. The molecule has 4 heterocycles. The van der Waals surface area contributed by atoms with Gasteiger partial charge in [-0.3, -0.25) is 4.90 Å². The molecule has 1 aliphatic rings. The van der Waals surface area contributed by atoms with Gasteiger partial charge in [0, 0.05) is 31.7 Å². The first kappa shape index (κ1) is 18.2. The van der Waals surface area contributed by atoms with Crippen LogP contribution in [0.4, 0.5) is 5.82 Å². The Hall–Kier alpha value is -2.81. The first-order chi connectivity index (χ1) is 14.3. The molecule has 0 spiro atoms. The lowest BCUT2D eigenvalue weighted by Gasteiger charge is -2.26. The molecule has 0 saturated carbocycles. The molecule has 0 atom stereocenters. The number of nitrogen functional groups attached to an aromatic ring is 1. The number of nitrogens with two attached hydrogens (primary N) is 1. The number of ether oxygens (including phenoxy) is 1. The van der Waals surface area contributed by atoms with E-state index in [0.717, 1.165) is 71.4 Å². The minimum atomic E-state index is 0.512. The number of anilines is 1. The van der Waals surface area contributed by atoms with Crippen LogP contribution in [-0.4, -0.2) is 57.3 Å². The minimum Gasteiger partial charge on any atom is -0.383 e. The number of hydrogen-bond donors (Lipinski definition) is 1. The number of morpholine rings is 1. The molecular weight excluding hydrogens is 384 g/mol. The molecule has 1 fully saturated rings. The van der Waals surface area contributed by atoms with Gasteiger partial charge in [0.15, 0.2) is 0 Å². The zero-order chi connectivity index (χ0) is 19.6. The van der Waals surface area contributed by atoms with Gasteiger partial charge >= 0.3 is 0 Å². The number of aromatic nitrogens is 4. The van der Waals surface area contributed by atoms with Crippen molar-refractivity contribution in [1.29, 1.82) is 0 Å². The number of imidazole rings is 1. The minimum absolute atomic E-state index is 0.512. The van der Waals surface area contributed by atoms with E-state index in [4.69, 9.17) is 15.5 Å². The Morgan fingerprint density at radius 1 is 1.03 bits per heavy atom. The van der Waals surface area contributed by atoms with Gasteiger partial charge in [0.05, 0.1) is 41.2 Å². The average Bonchev–Trinajstić information content (AvgIpc) is 3.38. The summed E-state index contributed by atoms with van der Waals surface area (Å²) < 4.78 is 7.71. The zero-order valence-corrected chi connectivity index (χ0v) is 16.8. The van der Waals surface area contributed by atoms with Crippen molar-refractivity contribution in [3.8, 4) is 21.8 Å². The molecule has 3 aromatic heterocycles. The summed E-state index contributed by atoms with van der Waals surface area (Å²) >= 11 is 1.63. The second kappa shape index (κ2) is 7.90. The third-order valence-electron chi connectivity index (χ3n) is 5.24. The Morgan fingerprint density at radius 3 is 2.66 bits per heavy atom. The van der Waals surface area contributed by atoms with Crippen LogP contribution >= 0.6 is 11.3 Å². The van der Waals surface area contributed by atoms with Gasteiger partial charge in [0.1, 0.15) is 17.0 Å². The SMILES string of the molecule is Nc1ncnc2sc(-c3c(-c4ccccc4)ncn3CCN3CCOCC3)cc12. The van der Waals surface area contributed by atoms with E-state index in [2.05, 4.69) is 37.6 Å². The van der Waals surface area contributed by atoms with Crippen LogP contribution in [0.15, 0.2) is 49.1 Å². The van der Waals surface area contributed by atoms with Crippen molar-refractivity contribution in [3.63, 3.8) is 0 Å². The first-order valence-electron chi connectivity index (χ1n) is 9.70. The van der Waals surface area contributed by atoms with Gasteiger partial charge in [-0.1, -0.05) is 30.3 Å². The van der Waals surface area contributed by atoms with Crippen LogP contribution in [0.25, 0.3) is 32.0 Å². The van der Waals surface area contributed by atoms with Crippen molar-refractivity contribution in [2.75, 3.05) is 38.6 Å². The quantitative estimate of drug-likeness (QED) is 0.548. The Balaban J connectivity index is 1.56. The van der Waals surface area contributed by atoms with E-state index in [1.807, 2.05) is 24.5 Å². The molecular formula is C21H22N6OS. The highest BCUT2D eigenvalue weighted by atomic mass is 32.1. The number of benzene rings is 1. The average molecular weight is 407 g/mol. The van der Waals surface area contributed by atoms with Gasteiger partial charge in [-0.05, 0) is 6.07 Å². The fourth-order valence-corrected chi connectivity index (χ4v) is 4.75. The van der Waals surface area contributed by atoms with Gasteiger partial charge in [0.25, 0.3) is 0 Å². The Morgan fingerprint density at radius 2 is 1.86 bits per heavy atom. The molecule has 7 nitrogen and oxygen atoms in total. The molecule has 0 unspecified atom stereocenters. The maximum Gasteiger partial charge on any atom is 0.135 e. The summed E-state index contributed by atoms with van der Waals surface area (Å²) in [7, 11) is 0. The summed E-state index contributed by atoms with van der Waals surface area (Å²) in [5.74, 6) is 0.512. The van der Waals surface area contributed by atoms with Crippen molar-refractivity contribution in [2.45, 2.75) is 6.54 Å². The lowest BCUT2D eigenvalue weighted by molar-refractivity contribution is 0.0364. The van der Waals surface area contributed by atoms with Gasteiger partial charge in [-0.15, -0.1) is 11.3 Å². The second-order valence-corrected chi connectivity index (χ2v) is 8.07. The maximum absolute atomic E-state index is 6.08. The van der Waals surface area contributed by atoms with Crippen LogP contribution < -0.4 is 5.73 Å². The first-order valence-corrected chi connectivity index (χ1v) is 10.5. The largest absolute Gasteiger partial charge is 0.383 e. The molecule has 2 N–H and O–H groups in total. The number of nitrogens with zero attached hydrogens (tertiary/aromatic N) is 5. The van der Waals surface area contributed by atoms with E-state index in [-0.39, 0.29) is 0 Å². The smallest absolute Gasteiger partial charge is 0.135 e. The molecule has 1 saturated heterocycles. The van der Waals surface area contributed by atoms with Crippen LogP contribution in [0.5, 0.6) is 0 Å². The topological polar surface area (TPSA) is 82.1 Å². The Labute approximate surface area is 172 Å². The summed E-state index contributed by atoms with van der Waals surface area (Å²) in [4.78, 5) is 17.7. The van der Waals surface area contributed by atoms with Crippen molar-refractivity contribution in [1.82, 2.24) is 24.4 Å². The molecule has 8 heteroatoms. The monoisotopic (exact) mass is 406 g/mol. The zero-order valence-electron chi connectivity index (χ0n) is 16.0. The molecule has 0 bridgehead atoms. The number of thiophene rings is 1. The highest BCUT2D eigenvalue weighted by Gasteiger charge is 2.19. The number of fused-ring (bicyclic) bond motifs is 1. The molecule has 4 aromatic rings. The molecule has 148 valence electrons. The molecule has 0 aliphatic carbocycles.